The van der Waals surface area contributed by atoms with Crippen molar-refractivity contribution in [2.45, 2.75) is 0 Å². The first kappa shape index (κ1) is 28.6. The summed E-state index contributed by atoms with van der Waals surface area (Å²) in [5.74, 6) is 0. The van der Waals surface area contributed by atoms with Crippen LogP contribution >= 0.6 is 0 Å². The third kappa shape index (κ3) is 4.18. The van der Waals surface area contributed by atoms with E-state index < -0.39 is 0 Å². The van der Waals surface area contributed by atoms with Crippen LogP contribution < -0.4 is 0 Å². The van der Waals surface area contributed by atoms with Crippen LogP contribution in [-0.2, 0) is 0 Å². The molecule has 244 valence electrons. The van der Waals surface area contributed by atoms with E-state index in [-0.39, 0.29) is 0 Å². The minimum absolute atomic E-state index is 0.677. The molecule has 0 saturated carbocycles. The Morgan fingerprint density at radius 3 is 1.67 bits per heavy atom. The van der Waals surface area contributed by atoms with Crippen molar-refractivity contribution in [3.05, 3.63) is 170 Å². The number of benzene rings is 6. The molecule has 6 heterocycles. The maximum Gasteiger partial charge on any atom is 0.227 e. The molecule has 0 saturated heterocycles. The minimum atomic E-state index is 0.677. The van der Waals surface area contributed by atoms with Crippen LogP contribution in [0.25, 0.3) is 99.0 Å². The smallest absolute Gasteiger partial charge is 0.227 e. The summed E-state index contributed by atoms with van der Waals surface area (Å²) in [6, 6.07) is 52.8. The van der Waals surface area contributed by atoms with Crippen LogP contribution in [0.15, 0.2) is 179 Å². The van der Waals surface area contributed by atoms with E-state index in [9.17, 15) is 0 Å². The van der Waals surface area contributed by atoms with Crippen LogP contribution in [0, 0.1) is 0 Å². The molecule has 6 heteroatoms. The molecule has 0 radical (unpaired) electrons. The van der Waals surface area contributed by atoms with Crippen LogP contribution in [0.2, 0.25) is 0 Å². The van der Waals surface area contributed by atoms with Gasteiger partial charge in [0.05, 0.1) is 34.0 Å². The topological polar surface area (TPSA) is 61.9 Å². The standard InChI is InChI=1S/2C23H14N2O/c1-3-11-19-15(7-1)16-8-2-4-12-20(16)25(19)21-13-5-9-17-18-10-6-14-24-23(18)26-22(17)21;1-3-7-20-16(5-1)17-6-2-4-8-21(17)25(20)15-9-10-22-19(13-15)18-11-12-24-14-23(18)26-22/h2*1-14H. The second-order valence-corrected chi connectivity index (χ2v) is 13.0. The van der Waals surface area contributed by atoms with Crippen LogP contribution in [0.5, 0.6) is 0 Å². The molecule has 0 aliphatic carbocycles. The third-order valence-corrected chi connectivity index (χ3v) is 10.2. The number of hydrogen-bond donors (Lipinski definition) is 0. The van der Waals surface area contributed by atoms with Gasteiger partial charge in [0.1, 0.15) is 5.58 Å². The summed E-state index contributed by atoms with van der Waals surface area (Å²) < 4.78 is 16.7. The molecule has 12 rings (SSSR count). The van der Waals surface area contributed by atoms with Crippen LogP contribution in [0.1, 0.15) is 0 Å². The molecule has 12 aromatic rings. The van der Waals surface area contributed by atoms with Gasteiger partial charge in [0.25, 0.3) is 0 Å². The van der Waals surface area contributed by atoms with Crippen molar-refractivity contribution in [2.75, 3.05) is 0 Å². The average Bonchev–Trinajstić information content (AvgIpc) is 3.96. The number of hydrogen-bond acceptors (Lipinski definition) is 4. The molecule has 0 amide bonds. The lowest BCUT2D eigenvalue weighted by atomic mass is 10.1. The van der Waals surface area contributed by atoms with E-state index in [0.717, 1.165) is 49.7 Å². The second kappa shape index (κ2) is 11.2. The van der Waals surface area contributed by atoms with Crippen molar-refractivity contribution >= 4 is 87.6 Å². The number of nitrogens with zero attached hydrogens (tertiary/aromatic N) is 4. The Bertz CT molecular complexity index is 3210. The van der Waals surface area contributed by atoms with Crippen molar-refractivity contribution in [3.63, 3.8) is 0 Å². The van der Waals surface area contributed by atoms with Crippen molar-refractivity contribution in [1.29, 1.82) is 0 Å². The molecular weight excluding hydrogens is 641 g/mol. The molecule has 0 aliphatic rings. The molecule has 6 aromatic heterocycles. The largest absolute Gasteiger partial charge is 0.454 e. The van der Waals surface area contributed by atoms with Crippen molar-refractivity contribution in [3.8, 4) is 11.4 Å². The molecule has 52 heavy (non-hydrogen) atoms. The number of pyridine rings is 2. The minimum Gasteiger partial charge on any atom is -0.454 e. The van der Waals surface area contributed by atoms with Crippen LogP contribution in [0.3, 0.4) is 0 Å². The molecule has 0 N–H and O–H groups in total. The van der Waals surface area contributed by atoms with Gasteiger partial charge in [-0.3, -0.25) is 4.98 Å². The molecule has 0 spiro atoms. The van der Waals surface area contributed by atoms with E-state index in [4.69, 9.17) is 8.83 Å². The number of furan rings is 2. The zero-order chi connectivity index (χ0) is 34.2. The molecule has 0 fully saturated rings. The zero-order valence-electron chi connectivity index (χ0n) is 27.8. The molecule has 0 unspecified atom stereocenters. The lowest BCUT2D eigenvalue weighted by Gasteiger charge is -2.08. The maximum atomic E-state index is 6.17. The van der Waals surface area contributed by atoms with E-state index in [1.807, 2.05) is 24.4 Å². The number of rotatable bonds is 2. The first-order valence-corrected chi connectivity index (χ1v) is 17.3. The number of fused-ring (bicyclic) bond motifs is 12. The van der Waals surface area contributed by atoms with Gasteiger partial charge < -0.3 is 18.0 Å². The molecule has 0 aliphatic heterocycles. The Labute approximate surface area is 296 Å². The van der Waals surface area contributed by atoms with Gasteiger partial charge in [0, 0.05) is 61.2 Å². The van der Waals surface area contributed by atoms with E-state index in [0.29, 0.717) is 5.71 Å². The van der Waals surface area contributed by atoms with Crippen molar-refractivity contribution in [2.24, 2.45) is 0 Å². The monoisotopic (exact) mass is 668 g/mol. The normalized spacial score (nSPS) is 11.8. The van der Waals surface area contributed by atoms with E-state index in [1.54, 1.807) is 12.4 Å². The van der Waals surface area contributed by atoms with Crippen molar-refractivity contribution in [1.82, 2.24) is 19.1 Å². The predicted molar refractivity (Wildman–Crippen MR) is 212 cm³/mol. The van der Waals surface area contributed by atoms with E-state index in [1.165, 1.54) is 43.6 Å². The molecule has 6 nitrogen and oxygen atoms in total. The lowest BCUT2D eigenvalue weighted by molar-refractivity contribution is 0.652. The average molecular weight is 669 g/mol. The Hall–Kier alpha value is -7.18. The predicted octanol–water partition coefficient (Wildman–Crippen LogP) is 12.2. The van der Waals surface area contributed by atoms with Crippen LogP contribution in [-0.4, -0.2) is 19.1 Å². The first-order chi connectivity index (χ1) is 25.8. The van der Waals surface area contributed by atoms with Crippen molar-refractivity contribution < 1.29 is 8.83 Å². The fraction of sp³-hybridized carbons (Fsp3) is 0. The quantitative estimate of drug-likeness (QED) is 0.184. The Morgan fingerprint density at radius 2 is 1.00 bits per heavy atom. The van der Waals surface area contributed by atoms with Gasteiger partial charge in [0.15, 0.2) is 11.2 Å². The highest BCUT2D eigenvalue weighted by atomic mass is 16.3. The number of para-hydroxylation sites is 5. The Kier molecular flexibility index (Phi) is 6.15. The SMILES string of the molecule is c1ccc2c(c1)c1ccccc1n2-c1ccc2oc3cnccc3c2c1.c1cnc2oc3c(-n4c5ccccc5c5ccccc54)cccc3c2c1. The Balaban J connectivity index is 0.000000123. The lowest BCUT2D eigenvalue weighted by Crippen LogP contribution is -1.93. The van der Waals surface area contributed by atoms with Gasteiger partial charge in [-0.05, 0) is 66.7 Å². The fourth-order valence-electron chi connectivity index (χ4n) is 7.94. The molecule has 0 bridgehead atoms. The van der Waals surface area contributed by atoms with Gasteiger partial charge in [0.2, 0.25) is 5.71 Å². The van der Waals surface area contributed by atoms with Gasteiger partial charge >= 0.3 is 0 Å². The summed E-state index contributed by atoms with van der Waals surface area (Å²) in [6.07, 6.45) is 5.35. The highest BCUT2D eigenvalue weighted by Crippen LogP contribution is 2.38. The molecule has 6 aromatic carbocycles. The molecular formula is C46H28N4O2. The summed E-state index contributed by atoms with van der Waals surface area (Å²) in [4.78, 5) is 8.55. The summed E-state index contributed by atoms with van der Waals surface area (Å²) in [5, 5.41) is 9.37. The third-order valence-electron chi connectivity index (χ3n) is 10.2. The second-order valence-electron chi connectivity index (χ2n) is 13.0. The maximum absolute atomic E-state index is 6.17. The van der Waals surface area contributed by atoms with E-state index >= 15 is 0 Å². The van der Waals surface area contributed by atoms with Gasteiger partial charge in [-0.25, -0.2) is 4.98 Å². The molecule has 0 atom stereocenters. The first-order valence-electron chi connectivity index (χ1n) is 17.3. The summed E-state index contributed by atoms with van der Waals surface area (Å²) in [6.45, 7) is 0. The van der Waals surface area contributed by atoms with Gasteiger partial charge in [-0.15, -0.1) is 0 Å². The summed E-state index contributed by atoms with van der Waals surface area (Å²) >= 11 is 0. The van der Waals surface area contributed by atoms with E-state index in [2.05, 4.69) is 153 Å². The fourth-order valence-corrected chi connectivity index (χ4v) is 7.94. The zero-order valence-corrected chi connectivity index (χ0v) is 27.8. The Morgan fingerprint density at radius 1 is 0.404 bits per heavy atom. The highest BCUT2D eigenvalue weighted by Gasteiger charge is 2.17. The summed E-state index contributed by atoms with van der Waals surface area (Å²) in [5.41, 5.74) is 10.2. The number of aromatic nitrogens is 4. The van der Waals surface area contributed by atoms with Gasteiger partial charge in [-0.1, -0.05) is 84.9 Å². The van der Waals surface area contributed by atoms with Gasteiger partial charge in [-0.2, -0.15) is 0 Å². The highest BCUT2D eigenvalue weighted by molar-refractivity contribution is 6.13. The van der Waals surface area contributed by atoms with Crippen LogP contribution in [0.4, 0.5) is 0 Å². The summed E-state index contributed by atoms with van der Waals surface area (Å²) in [7, 11) is 0.